The minimum atomic E-state index is -0.235. The van der Waals surface area contributed by atoms with Crippen LogP contribution in [0.5, 0.6) is 0 Å². The van der Waals surface area contributed by atoms with E-state index in [1.807, 2.05) is 18.2 Å². The molecule has 0 atom stereocenters. The SMILES string of the molecule is O=C(NCCc1ccccc1F)NCCc1cccc2ccccc12. The zero-order valence-electron chi connectivity index (χ0n) is 14.0. The normalized spacial score (nSPS) is 10.6. The highest BCUT2D eigenvalue weighted by Crippen LogP contribution is 2.18. The summed E-state index contributed by atoms with van der Waals surface area (Å²) in [5, 5.41) is 8.04. The average molecular weight is 336 g/mol. The number of benzene rings is 3. The van der Waals surface area contributed by atoms with Crippen molar-refractivity contribution in [3.63, 3.8) is 0 Å². The minimum absolute atomic E-state index is 0.225. The van der Waals surface area contributed by atoms with Gasteiger partial charge in [0, 0.05) is 13.1 Å². The van der Waals surface area contributed by atoms with Gasteiger partial charge in [0.1, 0.15) is 5.82 Å². The fraction of sp³-hybridized carbons (Fsp3) is 0.190. The van der Waals surface area contributed by atoms with E-state index < -0.39 is 0 Å². The lowest BCUT2D eigenvalue weighted by Gasteiger charge is -2.09. The van der Waals surface area contributed by atoms with Crippen molar-refractivity contribution >= 4 is 16.8 Å². The second-order valence-electron chi connectivity index (χ2n) is 5.91. The van der Waals surface area contributed by atoms with Crippen LogP contribution in [0.2, 0.25) is 0 Å². The molecule has 3 aromatic carbocycles. The van der Waals surface area contributed by atoms with Crippen molar-refractivity contribution in [3.8, 4) is 0 Å². The molecule has 0 radical (unpaired) electrons. The summed E-state index contributed by atoms with van der Waals surface area (Å²) in [6.45, 7) is 0.959. The molecule has 0 spiro atoms. The molecule has 0 unspecified atom stereocenters. The molecular formula is C21H21FN2O. The van der Waals surface area contributed by atoms with Gasteiger partial charge in [-0.3, -0.25) is 0 Å². The monoisotopic (exact) mass is 336 g/mol. The third-order valence-corrected chi connectivity index (χ3v) is 4.20. The maximum absolute atomic E-state index is 13.5. The van der Waals surface area contributed by atoms with E-state index in [1.54, 1.807) is 18.2 Å². The van der Waals surface area contributed by atoms with Crippen molar-refractivity contribution in [1.29, 1.82) is 0 Å². The van der Waals surface area contributed by atoms with E-state index in [-0.39, 0.29) is 11.8 Å². The Balaban J connectivity index is 1.44. The summed E-state index contributed by atoms with van der Waals surface area (Å²) in [5.74, 6) is -0.235. The number of nitrogens with one attached hydrogen (secondary N) is 2. The Morgan fingerprint density at radius 2 is 1.36 bits per heavy atom. The Morgan fingerprint density at radius 1 is 0.760 bits per heavy atom. The van der Waals surface area contributed by atoms with Gasteiger partial charge in [0.05, 0.1) is 0 Å². The fourth-order valence-corrected chi connectivity index (χ4v) is 2.90. The third kappa shape index (κ3) is 4.57. The topological polar surface area (TPSA) is 41.1 Å². The molecule has 3 nitrogen and oxygen atoms in total. The highest BCUT2D eigenvalue weighted by atomic mass is 19.1. The first-order chi connectivity index (χ1) is 12.2. The van der Waals surface area contributed by atoms with Gasteiger partial charge in [0.25, 0.3) is 0 Å². The maximum Gasteiger partial charge on any atom is 0.314 e. The summed E-state index contributed by atoms with van der Waals surface area (Å²) in [7, 11) is 0. The molecular weight excluding hydrogens is 315 g/mol. The van der Waals surface area contributed by atoms with Crippen LogP contribution >= 0.6 is 0 Å². The Morgan fingerprint density at radius 3 is 2.16 bits per heavy atom. The first-order valence-electron chi connectivity index (χ1n) is 8.46. The quantitative estimate of drug-likeness (QED) is 0.700. The standard InChI is InChI=1S/C21H21FN2O/c22-20-11-4-2-7-18(20)13-15-24-21(25)23-14-12-17-9-5-8-16-6-1-3-10-19(16)17/h1-11H,12-15H2,(H2,23,24,25). The molecule has 0 aliphatic heterocycles. The molecule has 25 heavy (non-hydrogen) atoms. The molecule has 3 aromatic rings. The van der Waals surface area contributed by atoms with Gasteiger partial charge in [-0.2, -0.15) is 0 Å². The summed E-state index contributed by atoms with van der Waals surface area (Å²) in [4.78, 5) is 11.9. The summed E-state index contributed by atoms with van der Waals surface area (Å²) in [6.07, 6.45) is 1.24. The van der Waals surface area contributed by atoms with Crippen LogP contribution in [0.1, 0.15) is 11.1 Å². The van der Waals surface area contributed by atoms with Crippen molar-refractivity contribution < 1.29 is 9.18 Å². The van der Waals surface area contributed by atoms with E-state index in [4.69, 9.17) is 0 Å². The van der Waals surface area contributed by atoms with E-state index in [0.717, 1.165) is 6.42 Å². The first-order valence-corrected chi connectivity index (χ1v) is 8.46. The summed E-state index contributed by atoms with van der Waals surface area (Å²) in [5.41, 5.74) is 1.82. The lowest BCUT2D eigenvalue weighted by molar-refractivity contribution is 0.241. The number of rotatable bonds is 6. The number of halogens is 1. The zero-order valence-corrected chi connectivity index (χ0v) is 14.0. The summed E-state index contributed by atoms with van der Waals surface area (Å²) < 4.78 is 13.5. The van der Waals surface area contributed by atoms with Gasteiger partial charge in [-0.15, -0.1) is 0 Å². The van der Waals surface area contributed by atoms with Crippen LogP contribution in [0.3, 0.4) is 0 Å². The highest BCUT2D eigenvalue weighted by molar-refractivity contribution is 5.85. The number of carbonyl (C=O) groups excluding carboxylic acids is 1. The van der Waals surface area contributed by atoms with Gasteiger partial charge in [0.15, 0.2) is 0 Å². The molecule has 0 aliphatic rings. The van der Waals surface area contributed by atoms with E-state index >= 15 is 0 Å². The molecule has 0 aliphatic carbocycles. The fourth-order valence-electron chi connectivity index (χ4n) is 2.90. The lowest BCUT2D eigenvalue weighted by Crippen LogP contribution is -2.37. The molecule has 128 valence electrons. The molecule has 0 fully saturated rings. The van der Waals surface area contributed by atoms with E-state index in [2.05, 4.69) is 34.9 Å². The van der Waals surface area contributed by atoms with Crippen molar-refractivity contribution in [2.45, 2.75) is 12.8 Å². The summed E-state index contributed by atoms with van der Waals surface area (Å²) >= 11 is 0. The number of urea groups is 1. The lowest BCUT2D eigenvalue weighted by atomic mass is 10.0. The van der Waals surface area contributed by atoms with Gasteiger partial charge in [-0.1, -0.05) is 60.7 Å². The van der Waals surface area contributed by atoms with Gasteiger partial charge in [-0.05, 0) is 40.8 Å². The van der Waals surface area contributed by atoms with Crippen LogP contribution in [0.15, 0.2) is 66.7 Å². The predicted molar refractivity (Wildman–Crippen MR) is 99.2 cm³/mol. The molecule has 4 heteroatoms. The van der Waals surface area contributed by atoms with Crippen molar-refractivity contribution in [2.24, 2.45) is 0 Å². The van der Waals surface area contributed by atoms with Gasteiger partial charge in [-0.25, -0.2) is 9.18 Å². The second kappa shape index (κ2) is 8.29. The van der Waals surface area contributed by atoms with Crippen molar-refractivity contribution in [3.05, 3.63) is 83.7 Å². The minimum Gasteiger partial charge on any atom is -0.338 e. The van der Waals surface area contributed by atoms with Crippen LogP contribution in [0.25, 0.3) is 10.8 Å². The van der Waals surface area contributed by atoms with Gasteiger partial charge < -0.3 is 10.6 Å². The number of hydrogen-bond donors (Lipinski definition) is 2. The highest BCUT2D eigenvalue weighted by Gasteiger charge is 2.04. The number of carbonyl (C=O) groups is 1. The zero-order chi connectivity index (χ0) is 17.5. The third-order valence-electron chi connectivity index (χ3n) is 4.20. The number of fused-ring (bicyclic) bond motifs is 1. The molecule has 0 aromatic heterocycles. The number of hydrogen-bond acceptors (Lipinski definition) is 1. The van der Waals surface area contributed by atoms with E-state index in [0.29, 0.717) is 25.1 Å². The van der Waals surface area contributed by atoms with Crippen molar-refractivity contribution in [1.82, 2.24) is 10.6 Å². The molecule has 0 bridgehead atoms. The Hall–Kier alpha value is -2.88. The van der Waals surface area contributed by atoms with Crippen LogP contribution in [-0.2, 0) is 12.8 Å². The van der Waals surface area contributed by atoms with E-state index in [1.165, 1.54) is 22.4 Å². The average Bonchev–Trinajstić information content (AvgIpc) is 2.63. The van der Waals surface area contributed by atoms with Gasteiger partial charge >= 0.3 is 6.03 Å². The van der Waals surface area contributed by atoms with E-state index in [9.17, 15) is 9.18 Å². The second-order valence-corrected chi connectivity index (χ2v) is 5.91. The summed E-state index contributed by atoms with van der Waals surface area (Å²) in [6, 6.07) is 20.8. The Bertz CT molecular complexity index is 858. The van der Waals surface area contributed by atoms with Gasteiger partial charge in [0.2, 0.25) is 0 Å². The Kier molecular flexibility index (Phi) is 5.62. The molecule has 3 rings (SSSR count). The molecule has 2 N–H and O–H groups in total. The first kappa shape index (κ1) is 17.0. The maximum atomic E-state index is 13.5. The smallest absolute Gasteiger partial charge is 0.314 e. The van der Waals surface area contributed by atoms with Crippen molar-refractivity contribution in [2.75, 3.05) is 13.1 Å². The molecule has 2 amide bonds. The van der Waals surface area contributed by atoms with Crippen LogP contribution in [0.4, 0.5) is 9.18 Å². The molecule has 0 heterocycles. The molecule has 0 saturated heterocycles. The Labute approximate surface area is 146 Å². The van der Waals surface area contributed by atoms with Crippen LogP contribution < -0.4 is 10.6 Å². The largest absolute Gasteiger partial charge is 0.338 e. The molecule has 0 saturated carbocycles. The van der Waals surface area contributed by atoms with Crippen LogP contribution in [0, 0.1) is 5.82 Å². The predicted octanol–water partition coefficient (Wildman–Crippen LogP) is 4.06. The number of amides is 2. The van der Waals surface area contributed by atoms with Crippen LogP contribution in [-0.4, -0.2) is 19.1 Å².